The number of benzene rings is 2. The van der Waals surface area contributed by atoms with Gasteiger partial charge in [-0.05, 0) is 35.9 Å². The summed E-state index contributed by atoms with van der Waals surface area (Å²) in [5, 5.41) is 3.76. The zero-order chi connectivity index (χ0) is 17.1. The Kier molecular flexibility index (Phi) is 4.41. The Hall–Kier alpha value is -2.96. The Balaban J connectivity index is 1.71. The fourth-order valence-corrected chi connectivity index (χ4v) is 2.31. The number of anilines is 1. The smallest absolute Gasteiger partial charge is 0.387 e. The summed E-state index contributed by atoms with van der Waals surface area (Å²) in [6, 6.07) is 11.7. The standard InChI is InChI=1S/C17H15F2N3O2/c1-22-10-21-15-8-12(4-7-14(15)16(22)23)20-9-11-2-5-13(6-3-11)24-17(18)19/h2-8,10,17,20H,9H2,1H3. The maximum absolute atomic E-state index is 12.1. The predicted octanol–water partition coefficient (Wildman–Crippen LogP) is 3.15. The van der Waals surface area contributed by atoms with E-state index in [0.29, 0.717) is 17.4 Å². The van der Waals surface area contributed by atoms with Crippen LogP contribution in [-0.2, 0) is 13.6 Å². The average molecular weight is 331 g/mol. The molecule has 3 rings (SSSR count). The fourth-order valence-electron chi connectivity index (χ4n) is 2.31. The van der Waals surface area contributed by atoms with Crippen molar-refractivity contribution in [1.29, 1.82) is 0 Å². The van der Waals surface area contributed by atoms with Gasteiger partial charge in [-0.1, -0.05) is 12.1 Å². The molecule has 5 nitrogen and oxygen atoms in total. The zero-order valence-corrected chi connectivity index (χ0v) is 12.9. The van der Waals surface area contributed by atoms with Crippen LogP contribution in [0.4, 0.5) is 14.5 Å². The molecule has 1 heterocycles. The van der Waals surface area contributed by atoms with E-state index in [4.69, 9.17) is 0 Å². The molecule has 0 bridgehead atoms. The molecule has 0 aliphatic heterocycles. The molecule has 1 aromatic heterocycles. The number of hydrogen-bond acceptors (Lipinski definition) is 4. The number of nitrogens with zero attached hydrogens (tertiary/aromatic N) is 2. The van der Waals surface area contributed by atoms with Crippen LogP contribution in [0, 0.1) is 0 Å². The van der Waals surface area contributed by atoms with Crippen molar-refractivity contribution in [1.82, 2.24) is 9.55 Å². The Bertz CT molecular complexity index is 908. The van der Waals surface area contributed by atoms with E-state index in [1.54, 1.807) is 37.4 Å². The van der Waals surface area contributed by atoms with Crippen molar-refractivity contribution in [2.45, 2.75) is 13.2 Å². The van der Waals surface area contributed by atoms with E-state index >= 15 is 0 Å². The lowest BCUT2D eigenvalue weighted by molar-refractivity contribution is -0.0498. The van der Waals surface area contributed by atoms with Crippen LogP contribution in [0.15, 0.2) is 53.6 Å². The summed E-state index contributed by atoms with van der Waals surface area (Å²) in [4.78, 5) is 16.2. The first-order chi connectivity index (χ1) is 11.5. The molecule has 0 amide bonds. The number of nitrogens with one attached hydrogen (secondary N) is 1. The molecule has 0 spiro atoms. The predicted molar refractivity (Wildman–Crippen MR) is 87.4 cm³/mol. The quantitative estimate of drug-likeness (QED) is 0.780. The fraction of sp³-hybridized carbons (Fsp3) is 0.176. The summed E-state index contributed by atoms with van der Waals surface area (Å²) in [5.74, 6) is 0.125. The number of ether oxygens (including phenoxy) is 1. The van der Waals surface area contributed by atoms with Gasteiger partial charge in [0.2, 0.25) is 0 Å². The number of fused-ring (bicyclic) bond motifs is 1. The molecule has 0 atom stereocenters. The molecule has 0 saturated heterocycles. The lowest BCUT2D eigenvalue weighted by Gasteiger charge is -2.09. The van der Waals surface area contributed by atoms with Crippen molar-refractivity contribution in [3.05, 3.63) is 64.7 Å². The second kappa shape index (κ2) is 6.66. The topological polar surface area (TPSA) is 56.1 Å². The minimum atomic E-state index is -2.83. The summed E-state index contributed by atoms with van der Waals surface area (Å²) in [5.41, 5.74) is 2.25. The molecule has 0 aliphatic rings. The largest absolute Gasteiger partial charge is 0.435 e. The van der Waals surface area contributed by atoms with E-state index in [-0.39, 0.29) is 11.3 Å². The maximum Gasteiger partial charge on any atom is 0.387 e. The van der Waals surface area contributed by atoms with Crippen molar-refractivity contribution >= 4 is 16.6 Å². The third-order valence-electron chi connectivity index (χ3n) is 3.56. The summed E-state index contributed by atoms with van der Waals surface area (Å²) in [7, 11) is 1.66. The van der Waals surface area contributed by atoms with Crippen molar-refractivity contribution < 1.29 is 13.5 Å². The van der Waals surface area contributed by atoms with Gasteiger partial charge in [0.15, 0.2) is 0 Å². The Morgan fingerprint density at radius 1 is 1.21 bits per heavy atom. The molecule has 3 aromatic rings. The van der Waals surface area contributed by atoms with E-state index in [9.17, 15) is 13.6 Å². The molecule has 0 unspecified atom stereocenters. The SMILES string of the molecule is Cn1cnc2cc(NCc3ccc(OC(F)F)cc3)ccc2c1=O. The highest BCUT2D eigenvalue weighted by Gasteiger charge is 2.05. The van der Waals surface area contributed by atoms with E-state index < -0.39 is 6.61 Å². The zero-order valence-electron chi connectivity index (χ0n) is 12.9. The van der Waals surface area contributed by atoms with Gasteiger partial charge in [0.05, 0.1) is 17.2 Å². The minimum absolute atomic E-state index is 0.0961. The van der Waals surface area contributed by atoms with Gasteiger partial charge in [0, 0.05) is 19.3 Å². The van der Waals surface area contributed by atoms with Gasteiger partial charge in [-0.25, -0.2) is 4.98 Å². The van der Waals surface area contributed by atoms with Crippen LogP contribution in [0.2, 0.25) is 0 Å². The second-order valence-electron chi connectivity index (χ2n) is 5.27. The van der Waals surface area contributed by atoms with Crippen LogP contribution in [0.25, 0.3) is 10.9 Å². The van der Waals surface area contributed by atoms with Crippen LogP contribution >= 0.6 is 0 Å². The third kappa shape index (κ3) is 3.51. The Labute approximate surface area is 136 Å². The number of alkyl halides is 2. The summed E-state index contributed by atoms with van der Waals surface area (Å²) < 4.78 is 30.0. The van der Waals surface area contributed by atoms with Crippen LogP contribution in [0.1, 0.15) is 5.56 Å². The van der Waals surface area contributed by atoms with E-state index in [1.165, 1.54) is 23.0 Å². The van der Waals surface area contributed by atoms with Crippen molar-refractivity contribution in [2.24, 2.45) is 7.05 Å². The van der Waals surface area contributed by atoms with E-state index in [1.807, 2.05) is 0 Å². The van der Waals surface area contributed by atoms with Gasteiger partial charge in [0.1, 0.15) is 5.75 Å². The lowest BCUT2D eigenvalue weighted by Crippen LogP contribution is -2.16. The minimum Gasteiger partial charge on any atom is -0.435 e. The second-order valence-corrected chi connectivity index (χ2v) is 5.27. The number of aromatic nitrogens is 2. The molecule has 2 aromatic carbocycles. The molecule has 7 heteroatoms. The van der Waals surface area contributed by atoms with Crippen molar-refractivity contribution in [3.8, 4) is 5.75 Å². The summed E-state index contributed by atoms with van der Waals surface area (Å²) in [6.45, 7) is -2.32. The molecular weight excluding hydrogens is 316 g/mol. The highest BCUT2D eigenvalue weighted by molar-refractivity contribution is 5.81. The highest BCUT2D eigenvalue weighted by atomic mass is 19.3. The lowest BCUT2D eigenvalue weighted by atomic mass is 10.2. The first kappa shape index (κ1) is 15.9. The molecule has 0 fully saturated rings. The number of hydrogen-bond donors (Lipinski definition) is 1. The third-order valence-corrected chi connectivity index (χ3v) is 3.56. The first-order valence-corrected chi connectivity index (χ1v) is 7.26. The number of rotatable bonds is 5. The molecule has 0 saturated carbocycles. The van der Waals surface area contributed by atoms with Crippen molar-refractivity contribution in [2.75, 3.05) is 5.32 Å². The monoisotopic (exact) mass is 331 g/mol. The van der Waals surface area contributed by atoms with Gasteiger partial charge in [-0.2, -0.15) is 8.78 Å². The molecule has 0 aliphatic carbocycles. The van der Waals surface area contributed by atoms with Crippen molar-refractivity contribution in [3.63, 3.8) is 0 Å². The molecule has 24 heavy (non-hydrogen) atoms. The van der Waals surface area contributed by atoms with Crippen LogP contribution < -0.4 is 15.6 Å². The maximum atomic E-state index is 12.1. The molecule has 0 radical (unpaired) electrons. The Morgan fingerprint density at radius 2 is 1.96 bits per heavy atom. The van der Waals surface area contributed by atoms with Crippen LogP contribution in [0.5, 0.6) is 5.75 Å². The molecular formula is C17H15F2N3O2. The van der Waals surface area contributed by atoms with Gasteiger partial charge >= 0.3 is 6.61 Å². The Morgan fingerprint density at radius 3 is 2.67 bits per heavy atom. The van der Waals surface area contributed by atoms with Gasteiger partial charge < -0.3 is 14.6 Å². The normalized spacial score (nSPS) is 11.0. The van der Waals surface area contributed by atoms with Crippen LogP contribution in [-0.4, -0.2) is 16.2 Å². The highest BCUT2D eigenvalue weighted by Crippen LogP contribution is 2.18. The van der Waals surface area contributed by atoms with E-state index in [2.05, 4.69) is 15.0 Å². The molecule has 124 valence electrons. The number of aryl methyl sites for hydroxylation is 1. The van der Waals surface area contributed by atoms with E-state index in [0.717, 1.165) is 11.3 Å². The van der Waals surface area contributed by atoms with Gasteiger partial charge in [-0.3, -0.25) is 4.79 Å². The average Bonchev–Trinajstić information content (AvgIpc) is 2.57. The van der Waals surface area contributed by atoms with Gasteiger partial charge in [-0.15, -0.1) is 0 Å². The van der Waals surface area contributed by atoms with Crippen LogP contribution in [0.3, 0.4) is 0 Å². The van der Waals surface area contributed by atoms with Gasteiger partial charge in [0.25, 0.3) is 5.56 Å². The summed E-state index contributed by atoms with van der Waals surface area (Å²) >= 11 is 0. The summed E-state index contributed by atoms with van der Waals surface area (Å²) in [6.07, 6.45) is 1.48. The number of halogens is 2. The molecule has 1 N–H and O–H groups in total. The first-order valence-electron chi connectivity index (χ1n) is 7.26.